The van der Waals surface area contributed by atoms with Crippen LogP contribution in [0.4, 0.5) is 31.0 Å². The summed E-state index contributed by atoms with van der Waals surface area (Å²) < 4.78 is 36.4. The number of rotatable bonds is 6. The Kier molecular flexibility index (Phi) is 5.10. The van der Waals surface area contributed by atoms with E-state index in [-0.39, 0.29) is 17.8 Å². The van der Waals surface area contributed by atoms with E-state index in [9.17, 15) is 13.2 Å². The highest BCUT2D eigenvalue weighted by atomic mass is 19.4. The van der Waals surface area contributed by atoms with Crippen LogP contribution in [-0.4, -0.2) is 40.8 Å². The molecule has 108 valence electrons. The Morgan fingerprint density at radius 1 is 1.11 bits per heavy atom. The zero-order chi connectivity index (χ0) is 14.5. The van der Waals surface area contributed by atoms with Gasteiger partial charge in [-0.1, -0.05) is 0 Å². The van der Waals surface area contributed by atoms with Crippen LogP contribution < -0.4 is 21.5 Å². The third-order valence-electron chi connectivity index (χ3n) is 2.25. The number of nitrogens with one attached hydrogen (secondary N) is 2. The predicted octanol–water partition coefficient (Wildman–Crippen LogP) is 0.978. The topological polar surface area (TPSA) is 92.0 Å². The zero-order valence-electron chi connectivity index (χ0n) is 10.6. The van der Waals surface area contributed by atoms with Crippen LogP contribution in [0.5, 0.6) is 0 Å². The molecule has 1 rings (SSSR count). The molecular formula is C9H16F3N7. The average molecular weight is 279 g/mol. The van der Waals surface area contributed by atoms with Gasteiger partial charge in [-0.05, 0) is 13.8 Å². The quantitative estimate of drug-likeness (QED) is 0.528. The molecule has 0 saturated carbocycles. The maximum Gasteiger partial charge on any atom is 0.405 e. The van der Waals surface area contributed by atoms with Gasteiger partial charge in [0.2, 0.25) is 17.8 Å². The third kappa shape index (κ3) is 4.73. The lowest BCUT2D eigenvalue weighted by molar-refractivity contribution is -0.115. The fourth-order valence-corrected chi connectivity index (χ4v) is 1.34. The van der Waals surface area contributed by atoms with Crippen molar-refractivity contribution < 1.29 is 13.2 Å². The maximum absolute atomic E-state index is 12.1. The molecule has 0 amide bonds. The first-order valence-electron chi connectivity index (χ1n) is 5.67. The standard InChI is InChI=1S/C9H16F3N7/c1-3-19(4-2)8-16-6(14-5-9(10,11)12)15-7(17-8)18-13/h3-5,13H2,1-2H3,(H2,14,15,16,17,18). The molecule has 0 aliphatic rings. The van der Waals surface area contributed by atoms with Gasteiger partial charge in [-0.2, -0.15) is 28.1 Å². The number of hydrogen-bond acceptors (Lipinski definition) is 7. The summed E-state index contributed by atoms with van der Waals surface area (Å²) in [4.78, 5) is 13.4. The van der Waals surface area contributed by atoms with E-state index < -0.39 is 12.7 Å². The van der Waals surface area contributed by atoms with E-state index in [4.69, 9.17) is 5.84 Å². The van der Waals surface area contributed by atoms with Crippen LogP contribution >= 0.6 is 0 Å². The predicted molar refractivity (Wildman–Crippen MR) is 65.7 cm³/mol. The highest BCUT2D eigenvalue weighted by Gasteiger charge is 2.27. The molecule has 1 aromatic heterocycles. The van der Waals surface area contributed by atoms with Gasteiger partial charge in [0, 0.05) is 13.1 Å². The normalized spacial score (nSPS) is 11.3. The Morgan fingerprint density at radius 3 is 2.16 bits per heavy atom. The molecule has 10 heteroatoms. The van der Waals surface area contributed by atoms with E-state index in [1.54, 1.807) is 4.90 Å². The van der Waals surface area contributed by atoms with E-state index in [1.807, 2.05) is 13.8 Å². The number of nitrogens with two attached hydrogens (primary N) is 1. The Morgan fingerprint density at radius 2 is 1.68 bits per heavy atom. The van der Waals surface area contributed by atoms with Crippen LogP contribution in [0.3, 0.4) is 0 Å². The lowest BCUT2D eigenvalue weighted by Gasteiger charge is -2.19. The van der Waals surface area contributed by atoms with Gasteiger partial charge < -0.3 is 10.2 Å². The molecule has 19 heavy (non-hydrogen) atoms. The first-order chi connectivity index (χ1) is 8.89. The number of anilines is 3. The summed E-state index contributed by atoms with van der Waals surface area (Å²) >= 11 is 0. The van der Waals surface area contributed by atoms with Crippen molar-refractivity contribution in [3.05, 3.63) is 0 Å². The van der Waals surface area contributed by atoms with Crippen LogP contribution in [-0.2, 0) is 0 Å². The largest absolute Gasteiger partial charge is 0.405 e. The van der Waals surface area contributed by atoms with Gasteiger partial charge in [-0.3, -0.25) is 5.43 Å². The molecule has 0 atom stereocenters. The van der Waals surface area contributed by atoms with Crippen molar-refractivity contribution >= 4 is 17.8 Å². The summed E-state index contributed by atoms with van der Waals surface area (Å²) in [6.07, 6.45) is -4.35. The van der Waals surface area contributed by atoms with E-state index >= 15 is 0 Å². The molecule has 0 aliphatic carbocycles. The van der Waals surface area contributed by atoms with E-state index in [2.05, 4.69) is 25.7 Å². The summed E-state index contributed by atoms with van der Waals surface area (Å²) in [5.74, 6) is 5.27. The van der Waals surface area contributed by atoms with Gasteiger partial charge in [-0.15, -0.1) is 0 Å². The molecule has 4 N–H and O–H groups in total. The van der Waals surface area contributed by atoms with Crippen molar-refractivity contribution in [2.24, 2.45) is 5.84 Å². The molecule has 0 spiro atoms. The summed E-state index contributed by atoms with van der Waals surface area (Å²) in [7, 11) is 0. The number of aromatic nitrogens is 3. The second kappa shape index (κ2) is 6.36. The Labute approximate surface area is 108 Å². The van der Waals surface area contributed by atoms with Crippen LogP contribution in [0.2, 0.25) is 0 Å². The van der Waals surface area contributed by atoms with Crippen LogP contribution in [0, 0.1) is 0 Å². The highest BCUT2D eigenvalue weighted by Crippen LogP contribution is 2.17. The number of hydrogen-bond donors (Lipinski definition) is 3. The van der Waals surface area contributed by atoms with Crippen molar-refractivity contribution in [2.75, 3.05) is 35.3 Å². The molecule has 0 fully saturated rings. The second-order valence-electron chi connectivity index (χ2n) is 3.57. The van der Waals surface area contributed by atoms with Crippen molar-refractivity contribution in [2.45, 2.75) is 20.0 Å². The van der Waals surface area contributed by atoms with Crippen LogP contribution in [0.1, 0.15) is 13.8 Å². The molecule has 1 aromatic rings. The average Bonchev–Trinajstić information content (AvgIpc) is 2.37. The Bertz CT molecular complexity index is 405. The fraction of sp³-hybridized carbons (Fsp3) is 0.667. The second-order valence-corrected chi connectivity index (χ2v) is 3.57. The minimum Gasteiger partial charge on any atom is -0.345 e. The summed E-state index contributed by atoms with van der Waals surface area (Å²) in [5.41, 5.74) is 2.20. The molecule has 0 aliphatic heterocycles. The number of nitrogen functional groups attached to an aromatic ring is 1. The Hall–Kier alpha value is -1.84. The smallest absolute Gasteiger partial charge is 0.345 e. The highest BCUT2D eigenvalue weighted by molar-refractivity contribution is 5.43. The minimum atomic E-state index is -4.35. The van der Waals surface area contributed by atoms with Gasteiger partial charge in [0.05, 0.1) is 0 Å². The van der Waals surface area contributed by atoms with Crippen molar-refractivity contribution in [3.63, 3.8) is 0 Å². The van der Waals surface area contributed by atoms with E-state index in [0.29, 0.717) is 13.1 Å². The summed E-state index contributed by atoms with van der Waals surface area (Å²) in [6.45, 7) is 3.77. The molecule has 0 radical (unpaired) electrons. The monoisotopic (exact) mass is 279 g/mol. The molecule has 0 bridgehead atoms. The van der Waals surface area contributed by atoms with Gasteiger partial charge in [0.25, 0.3) is 0 Å². The van der Waals surface area contributed by atoms with Gasteiger partial charge >= 0.3 is 6.18 Å². The first-order valence-corrected chi connectivity index (χ1v) is 5.67. The molecule has 7 nitrogen and oxygen atoms in total. The minimum absolute atomic E-state index is 0.00146. The number of nitrogens with zero attached hydrogens (tertiary/aromatic N) is 4. The number of hydrazine groups is 1. The van der Waals surface area contributed by atoms with Crippen molar-refractivity contribution in [3.8, 4) is 0 Å². The lowest BCUT2D eigenvalue weighted by Crippen LogP contribution is -2.27. The third-order valence-corrected chi connectivity index (χ3v) is 2.25. The van der Waals surface area contributed by atoms with Gasteiger partial charge in [0.1, 0.15) is 6.54 Å². The lowest BCUT2D eigenvalue weighted by atomic mass is 10.5. The molecular weight excluding hydrogens is 263 g/mol. The molecule has 0 aromatic carbocycles. The summed E-state index contributed by atoms with van der Waals surface area (Å²) in [5, 5.41) is 2.09. The molecule has 0 unspecified atom stereocenters. The van der Waals surface area contributed by atoms with Gasteiger partial charge in [0.15, 0.2) is 0 Å². The SMILES string of the molecule is CCN(CC)c1nc(NN)nc(NCC(F)(F)F)n1. The first kappa shape index (κ1) is 15.2. The van der Waals surface area contributed by atoms with Gasteiger partial charge in [-0.25, -0.2) is 5.84 Å². The van der Waals surface area contributed by atoms with E-state index in [0.717, 1.165) is 0 Å². The molecule has 1 heterocycles. The number of alkyl halides is 3. The molecule has 0 saturated heterocycles. The zero-order valence-corrected chi connectivity index (χ0v) is 10.6. The van der Waals surface area contributed by atoms with Crippen molar-refractivity contribution in [1.29, 1.82) is 0 Å². The van der Waals surface area contributed by atoms with Crippen LogP contribution in [0.25, 0.3) is 0 Å². The Balaban J connectivity index is 2.95. The summed E-state index contributed by atoms with van der Waals surface area (Å²) in [6, 6.07) is 0. The van der Waals surface area contributed by atoms with Crippen molar-refractivity contribution in [1.82, 2.24) is 15.0 Å². The maximum atomic E-state index is 12.1. The fourth-order valence-electron chi connectivity index (χ4n) is 1.34. The van der Waals surface area contributed by atoms with Crippen LogP contribution in [0.15, 0.2) is 0 Å². The number of halogens is 3. The van der Waals surface area contributed by atoms with E-state index in [1.165, 1.54) is 0 Å².